The van der Waals surface area contributed by atoms with Crippen LogP contribution in [0, 0.1) is 0 Å². The maximum absolute atomic E-state index is 11.9. The van der Waals surface area contributed by atoms with Crippen LogP contribution in [0.5, 0.6) is 5.75 Å². The number of ether oxygens (including phenoxy) is 2. The molecule has 0 aromatic heterocycles. The molecule has 5 heteroatoms. The molecule has 0 saturated heterocycles. The van der Waals surface area contributed by atoms with Crippen LogP contribution in [-0.2, 0) is 11.2 Å². The van der Waals surface area contributed by atoms with Crippen molar-refractivity contribution in [2.45, 2.75) is 12.8 Å². The van der Waals surface area contributed by atoms with Gasteiger partial charge < -0.3 is 14.8 Å². The highest BCUT2D eigenvalue weighted by Crippen LogP contribution is 2.25. The van der Waals surface area contributed by atoms with Crippen LogP contribution in [0.4, 0.5) is 0 Å². The Labute approximate surface area is 119 Å². The van der Waals surface area contributed by atoms with Crippen molar-refractivity contribution in [3.63, 3.8) is 0 Å². The first-order valence-electron chi connectivity index (χ1n) is 6.62. The van der Waals surface area contributed by atoms with E-state index in [1.165, 1.54) is 12.7 Å². The summed E-state index contributed by atoms with van der Waals surface area (Å²) in [7, 11) is 2.94. The number of benzene rings is 1. The Morgan fingerprint density at radius 3 is 2.80 bits per heavy atom. The van der Waals surface area contributed by atoms with Crippen molar-refractivity contribution in [2.75, 3.05) is 27.4 Å². The SMILES string of the molecule is COC(=O)c1c(CCC2=CNCNC2)cccc1OC. The van der Waals surface area contributed by atoms with E-state index in [2.05, 4.69) is 10.6 Å². The molecule has 1 aromatic rings. The van der Waals surface area contributed by atoms with E-state index in [1.807, 2.05) is 18.3 Å². The van der Waals surface area contributed by atoms with Gasteiger partial charge in [-0.1, -0.05) is 12.1 Å². The number of esters is 1. The summed E-state index contributed by atoms with van der Waals surface area (Å²) in [6.07, 6.45) is 3.70. The predicted molar refractivity (Wildman–Crippen MR) is 76.7 cm³/mol. The largest absolute Gasteiger partial charge is 0.496 e. The Hall–Kier alpha value is -2.01. The van der Waals surface area contributed by atoms with Gasteiger partial charge in [0.25, 0.3) is 0 Å². The van der Waals surface area contributed by atoms with E-state index in [9.17, 15) is 4.79 Å². The average Bonchev–Trinajstić information content (AvgIpc) is 2.52. The molecule has 5 nitrogen and oxygen atoms in total. The van der Waals surface area contributed by atoms with Gasteiger partial charge in [0.15, 0.2) is 0 Å². The zero-order valence-corrected chi connectivity index (χ0v) is 11.9. The average molecular weight is 276 g/mol. The maximum Gasteiger partial charge on any atom is 0.341 e. The van der Waals surface area contributed by atoms with Crippen molar-refractivity contribution >= 4 is 5.97 Å². The van der Waals surface area contributed by atoms with Gasteiger partial charge in [0.05, 0.1) is 20.9 Å². The van der Waals surface area contributed by atoms with Crippen LogP contribution in [0.2, 0.25) is 0 Å². The summed E-state index contributed by atoms with van der Waals surface area (Å²) in [5.41, 5.74) is 2.76. The molecule has 2 rings (SSSR count). The number of hydrogen-bond donors (Lipinski definition) is 2. The van der Waals surface area contributed by atoms with Gasteiger partial charge in [-0.25, -0.2) is 4.79 Å². The highest BCUT2D eigenvalue weighted by atomic mass is 16.5. The third kappa shape index (κ3) is 3.30. The molecule has 0 amide bonds. The van der Waals surface area contributed by atoms with Gasteiger partial charge in [-0.3, -0.25) is 5.32 Å². The molecule has 0 radical (unpaired) electrons. The van der Waals surface area contributed by atoms with Crippen molar-refractivity contribution in [3.05, 3.63) is 41.1 Å². The van der Waals surface area contributed by atoms with E-state index in [0.29, 0.717) is 11.3 Å². The Morgan fingerprint density at radius 1 is 1.30 bits per heavy atom. The van der Waals surface area contributed by atoms with Crippen molar-refractivity contribution < 1.29 is 14.3 Å². The lowest BCUT2D eigenvalue weighted by Gasteiger charge is -2.17. The van der Waals surface area contributed by atoms with Crippen LogP contribution in [0.15, 0.2) is 30.0 Å². The van der Waals surface area contributed by atoms with Crippen molar-refractivity contribution in [1.82, 2.24) is 10.6 Å². The number of methoxy groups -OCH3 is 2. The Bertz CT molecular complexity index is 512. The monoisotopic (exact) mass is 276 g/mol. The van der Waals surface area contributed by atoms with Crippen LogP contribution < -0.4 is 15.4 Å². The summed E-state index contributed by atoms with van der Waals surface area (Å²) >= 11 is 0. The molecular formula is C15H20N2O3. The minimum atomic E-state index is -0.355. The molecule has 0 atom stereocenters. The number of hydrogen-bond acceptors (Lipinski definition) is 5. The molecule has 0 unspecified atom stereocenters. The summed E-state index contributed by atoms with van der Waals surface area (Å²) in [5.74, 6) is 0.203. The predicted octanol–water partition coefficient (Wildman–Crippen LogP) is 1.45. The van der Waals surface area contributed by atoms with Crippen LogP contribution in [-0.4, -0.2) is 33.4 Å². The second-order valence-corrected chi connectivity index (χ2v) is 4.60. The summed E-state index contributed by atoms with van der Waals surface area (Å²) in [4.78, 5) is 11.9. The van der Waals surface area contributed by atoms with E-state index in [1.54, 1.807) is 13.2 Å². The molecule has 2 N–H and O–H groups in total. The van der Waals surface area contributed by atoms with Crippen molar-refractivity contribution in [1.29, 1.82) is 0 Å². The zero-order valence-electron chi connectivity index (χ0n) is 11.9. The normalized spacial score (nSPS) is 14.2. The van der Waals surface area contributed by atoms with Crippen LogP contribution in [0.3, 0.4) is 0 Å². The van der Waals surface area contributed by atoms with Gasteiger partial charge >= 0.3 is 5.97 Å². The molecule has 108 valence electrons. The maximum atomic E-state index is 11.9. The lowest BCUT2D eigenvalue weighted by atomic mass is 9.99. The molecule has 0 spiro atoms. The minimum absolute atomic E-state index is 0.355. The summed E-state index contributed by atoms with van der Waals surface area (Å²) < 4.78 is 10.1. The second kappa shape index (κ2) is 6.96. The summed E-state index contributed by atoms with van der Waals surface area (Å²) in [6.45, 7) is 1.68. The zero-order chi connectivity index (χ0) is 14.4. The van der Waals surface area contributed by atoms with E-state index < -0.39 is 0 Å². The first-order chi connectivity index (χ1) is 9.76. The standard InChI is InChI=1S/C15H20N2O3/c1-19-13-5-3-4-12(14(13)15(18)20-2)7-6-11-8-16-10-17-9-11/h3-5,8,16-17H,6-7,9-10H2,1-2H3. The van der Waals surface area contributed by atoms with E-state index in [4.69, 9.17) is 9.47 Å². The number of carbonyl (C=O) groups is 1. The van der Waals surface area contributed by atoms with Gasteiger partial charge in [-0.05, 0) is 36.2 Å². The third-order valence-electron chi connectivity index (χ3n) is 3.32. The Morgan fingerprint density at radius 2 is 2.15 bits per heavy atom. The molecule has 20 heavy (non-hydrogen) atoms. The molecule has 0 fully saturated rings. The molecule has 1 aliphatic rings. The highest BCUT2D eigenvalue weighted by Gasteiger charge is 2.17. The Kier molecular flexibility index (Phi) is 5.01. The number of nitrogens with one attached hydrogen (secondary N) is 2. The van der Waals surface area contributed by atoms with E-state index in [-0.39, 0.29) is 5.97 Å². The highest BCUT2D eigenvalue weighted by molar-refractivity contribution is 5.94. The topological polar surface area (TPSA) is 59.6 Å². The number of rotatable bonds is 5. The molecule has 1 heterocycles. The smallest absolute Gasteiger partial charge is 0.341 e. The molecule has 1 aliphatic heterocycles. The lowest BCUT2D eigenvalue weighted by Crippen LogP contribution is -2.32. The van der Waals surface area contributed by atoms with Crippen LogP contribution >= 0.6 is 0 Å². The summed E-state index contributed by atoms with van der Waals surface area (Å²) in [6, 6.07) is 5.62. The molecular weight excluding hydrogens is 256 g/mol. The first-order valence-corrected chi connectivity index (χ1v) is 6.62. The summed E-state index contributed by atoms with van der Waals surface area (Å²) in [5, 5.41) is 6.40. The molecule has 0 saturated carbocycles. The third-order valence-corrected chi connectivity index (χ3v) is 3.32. The molecule has 0 bridgehead atoms. The van der Waals surface area contributed by atoms with Crippen molar-refractivity contribution in [3.8, 4) is 5.75 Å². The first kappa shape index (κ1) is 14.4. The second-order valence-electron chi connectivity index (χ2n) is 4.60. The molecule has 0 aliphatic carbocycles. The van der Waals surface area contributed by atoms with Gasteiger partial charge in [-0.15, -0.1) is 0 Å². The van der Waals surface area contributed by atoms with Crippen LogP contribution in [0.25, 0.3) is 0 Å². The van der Waals surface area contributed by atoms with Gasteiger partial charge in [0.2, 0.25) is 0 Å². The van der Waals surface area contributed by atoms with Gasteiger partial charge in [-0.2, -0.15) is 0 Å². The lowest BCUT2D eigenvalue weighted by molar-refractivity contribution is 0.0595. The fourth-order valence-corrected chi connectivity index (χ4v) is 2.29. The van der Waals surface area contributed by atoms with E-state index in [0.717, 1.165) is 31.6 Å². The van der Waals surface area contributed by atoms with E-state index >= 15 is 0 Å². The Balaban J connectivity index is 2.17. The van der Waals surface area contributed by atoms with Gasteiger partial charge in [0.1, 0.15) is 11.3 Å². The quantitative estimate of drug-likeness (QED) is 0.797. The minimum Gasteiger partial charge on any atom is -0.496 e. The fourth-order valence-electron chi connectivity index (χ4n) is 2.29. The number of aryl methyl sites for hydroxylation is 1. The van der Waals surface area contributed by atoms with Crippen LogP contribution in [0.1, 0.15) is 22.3 Å². The number of carbonyl (C=O) groups excluding carboxylic acids is 1. The fraction of sp³-hybridized carbons (Fsp3) is 0.400. The molecule has 1 aromatic carbocycles. The van der Waals surface area contributed by atoms with Gasteiger partial charge in [0, 0.05) is 6.54 Å². The van der Waals surface area contributed by atoms with Crippen molar-refractivity contribution in [2.24, 2.45) is 0 Å².